The van der Waals surface area contributed by atoms with Crippen LogP contribution in [0.3, 0.4) is 0 Å². The molecule has 5 rings (SSSR count). The Balaban J connectivity index is 1.80. The molecule has 2 aromatic heterocycles. The van der Waals surface area contributed by atoms with Gasteiger partial charge in [-0.25, -0.2) is 9.31 Å². The third-order valence-corrected chi connectivity index (χ3v) is 7.35. The Labute approximate surface area is 218 Å². The van der Waals surface area contributed by atoms with Crippen LogP contribution in [0.5, 0.6) is 0 Å². The summed E-state index contributed by atoms with van der Waals surface area (Å²) in [4.78, 5) is 25.2. The van der Waals surface area contributed by atoms with Gasteiger partial charge < -0.3 is 10.1 Å². The Morgan fingerprint density at radius 2 is 1.64 bits per heavy atom. The number of para-hydroxylation sites is 1. The molecule has 0 bridgehead atoms. The Morgan fingerprint density at radius 3 is 2.33 bits per heavy atom. The molecule has 14 nitrogen and oxygen atoms in total. The van der Waals surface area contributed by atoms with Crippen LogP contribution in [0.1, 0.15) is 10.4 Å². The quantitative estimate of drug-likeness (QED) is 0.172. The van der Waals surface area contributed by atoms with E-state index in [2.05, 4.69) is 20.3 Å². The largest absolute Gasteiger partial charge is 0.478 e. The number of hydrogen-bond donors (Lipinski definition) is 4. The van der Waals surface area contributed by atoms with E-state index in [0.717, 1.165) is 12.1 Å². The summed E-state index contributed by atoms with van der Waals surface area (Å²) in [7, 11) is -9.85. The number of nitrogens with zero attached hydrogens (tertiary/aromatic N) is 4. The minimum atomic E-state index is -5.04. The standard InChI is InChI=1S/C23H15N5O9S2/c29-22-15-6-1-2-7-17(15)28-21(24-22)20(19(27-28)12-4-3-5-13(10-12)23(30)31)26-25-16-9-8-14(38(32,33)34)11-18(16)39(35,36)37/h1-11H,(H,24,29)(H,30,31)(H,32,33,34)(H,35,36,37)/b26-25+. The maximum atomic E-state index is 12.8. The first-order chi connectivity index (χ1) is 18.3. The number of fused-ring (bicyclic) bond motifs is 3. The van der Waals surface area contributed by atoms with Gasteiger partial charge in [-0.3, -0.25) is 13.9 Å². The van der Waals surface area contributed by atoms with Crippen molar-refractivity contribution in [2.75, 3.05) is 0 Å². The molecule has 0 unspecified atom stereocenters. The van der Waals surface area contributed by atoms with E-state index in [1.54, 1.807) is 24.3 Å². The third kappa shape index (κ3) is 4.79. The van der Waals surface area contributed by atoms with Crippen LogP contribution in [-0.4, -0.2) is 51.6 Å². The van der Waals surface area contributed by atoms with Gasteiger partial charge in [-0.05, 0) is 42.5 Å². The van der Waals surface area contributed by atoms with Crippen LogP contribution < -0.4 is 5.56 Å². The molecule has 39 heavy (non-hydrogen) atoms. The number of nitrogens with one attached hydrogen (secondary N) is 1. The molecule has 4 N–H and O–H groups in total. The molecule has 0 aliphatic heterocycles. The summed E-state index contributed by atoms with van der Waals surface area (Å²) < 4.78 is 67.1. The van der Waals surface area contributed by atoms with Crippen LogP contribution in [0.25, 0.3) is 27.8 Å². The molecule has 3 aromatic carbocycles. The normalized spacial score (nSPS) is 12.5. The first-order valence-electron chi connectivity index (χ1n) is 10.7. The smallest absolute Gasteiger partial charge is 0.335 e. The van der Waals surface area contributed by atoms with Crippen molar-refractivity contribution in [2.45, 2.75) is 9.79 Å². The zero-order chi connectivity index (χ0) is 28.1. The van der Waals surface area contributed by atoms with E-state index in [9.17, 15) is 40.6 Å². The van der Waals surface area contributed by atoms with Crippen LogP contribution in [-0.2, 0) is 20.2 Å². The number of aromatic carboxylic acids is 1. The minimum absolute atomic E-state index is 0.0288. The molecule has 0 saturated heterocycles. The Hall–Kier alpha value is -4.77. The number of aromatic nitrogens is 3. The zero-order valence-electron chi connectivity index (χ0n) is 19.2. The van der Waals surface area contributed by atoms with E-state index in [0.29, 0.717) is 11.6 Å². The number of azo groups is 1. The van der Waals surface area contributed by atoms with Crippen molar-refractivity contribution in [2.24, 2.45) is 10.2 Å². The molecule has 0 aliphatic rings. The van der Waals surface area contributed by atoms with E-state index in [1.807, 2.05) is 0 Å². The lowest BCUT2D eigenvalue weighted by molar-refractivity contribution is 0.0697. The molecule has 198 valence electrons. The van der Waals surface area contributed by atoms with Crippen LogP contribution in [0.2, 0.25) is 0 Å². The van der Waals surface area contributed by atoms with E-state index in [4.69, 9.17) is 0 Å². The average Bonchev–Trinajstić information content (AvgIpc) is 3.25. The van der Waals surface area contributed by atoms with Gasteiger partial charge >= 0.3 is 5.97 Å². The van der Waals surface area contributed by atoms with E-state index >= 15 is 0 Å². The van der Waals surface area contributed by atoms with E-state index in [1.165, 1.54) is 28.8 Å². The van der Waals surface area contributed by atoms with Crippen LogP contribution in [0.15, 0.2) is 91.5 Å². The first-order valence-corrected chi connectivity index (χ1v) is 13.6. The minimum Gasteiger partial charge on any atom is -0.478 e. The molecule has 0 amide bonds. The van der Waals surface area contributed by atoms with Crippen LogP contribution >= 0.6 is 0 Å². The fourth-order valence-electron chi connectivity index (χ4n) is 3.86. The van der Waals surface area contributed by atoms with Crippen molar-refractivity contribution in [3.63, 3.8) is 0 Å². The average molecular weight is 570 g/mol. The van der Waals surface area contributed by atoms with Crippen molar-refractivity contribution in [1.29, 1.82) is 0 Å². The summed E-state index contributed by atoms with van der Waals surface area (Å²) in [6, 6.07) is 14.4. The number of aromatic amines is 1. The predicted molar refractivity (Wildman–Crippen MR) is 136 cm³/mol. The van der Waals surface area contributed by atoms with Gasteiger partial charge in [0.1, 0.15) is 16.3 Å². The SMILES string of the molecule is O=C(O)c1cccc(-c2nn3c([nH]c(=O)c4ccccc43)c2/N=N/c2ccc(S(=O)(=O)O)cc2S(=O)(=O)O)c1. The van der Waals surface area contributed by atoms with E-state index < -0.39 is 47.2 Å². The molecule has 5 aromatic rings. The Morgan fingerprint density at radius 1 is 0.897 bits per heavy atom. The summed E-state index contributed by atoms with van der Waals surface area (Å²) in [5.74, 6) is -1.21. The summed E-state index contributed by atoms with van der Waals surface area (Å²) in [6.45, 7) is 0. The van der Waals surface area contributed by atoms with Crippen LogP contribution in [0.4, 0.5) is 11.4 Å². The molecule has 0 spiro atoms. The lowest BCUT2D eigenvalue weighted by Crippen LogP contribution is -2.09. The number of carboxylic acids is 1. The van der Waals surface area contributed by atoms with Crippen molar-refractivity contribution < 1.29 is 35.8 Å². The molecular weight excluding hydrogens is 554 g/mol. The van der Waals surface area contributed by atoms with Gasteiger partial charge in [0.2, 0.25) is 0 Å². The van der Waals surface area contributed by atoms with Crippen molar-refractivity contribution in [3.05, 3.63) is 82.6 Å². The van der Waals surface area contributed by atoms with Gasteiger partial charge in [0, 0.05) is 5.56 Å². The molecule has 2 heterocycles. The fraction of sp³-hybridized carbons (Fsp3) is 0. The van der Waals surface area contributed by atoms with Gasteiger partial charge in [-0.2, -0.15) is 21.9 Å². The Bertz CT molecular complexity index is 2130. The number of carboxylic acid groups (broad SMARTS) is 1. The van der Waals surface area contributed by atoms with Gasteiger partial charge in [-0.15, -0.1) is 10.2 Å². The topological polar surface area (TPSA) is 221 Å². The lowest BCUT2D eigenvalue weighted by Gasteiger charge is -2.04. The van der Waals surface area contributed by atoms with Gasteiger partial charge in [0.25, 0.3) is 25.8 Å². The van der Waals surface area contributed by atoms with Crippen molar-refractivity contribution in [3.8, 4) is 11.3 Å². The highest BCUT2D eigenvalue weighted by atomic mass is 32.2. The molecule has 0 radical (unpaired) electrons. The number of rotatable bonds is 6. The fourth-order valence-corrected chi connectivity index (χ4v) is 5.09. The molecule has 0 fully saturated rings. The number of benzene rings is 3. The molecule has 0 saturated carbocycles. The van der Waals surface area contributed by atoms with E-state index in [-0.39, 0.29) is 33.5 Å². The van der Waals surface area contributed by atoms with Crippen LogP contribution in [0, 0.1) is 0 Å². The van der Waals surface area contributed by atoms with Crippen molar-refractivity contribution >= 4 is 54.1 Å². The van der Waals surface area contributed by atoms with Gasteiger partial charge in [0.05, 0.1) is 21.4 Å². The second-order valence-corrected chi connectivity index (χ2v) is 10.9. The number of H-pyrrole nitrogens is 1. The predicted octanol–water partition coefficient (Wildman–Crippen LogP) is 3.45. The van der Waals surface area contributed by atoms with Gasteiger partial charge in [-0.1, -0.05) is 24.3 Å². The summed E-state index contributed by atoms with van der Waals surface area (Å²) in [6.07, 6.45) is 0. The molecule has 0 atom stereocenters. The second-order valence-electron chi connectivity index (χ2n) is 8.09. The molecule has 16 heteroatoms. The maximum Gasteiger partial charge on any atom is 0.335 e. The summed E-state index contributed by atoms with van der Waals surface area (Å²) in [5.41, 5.74) is -0.425. The zero-order valence-corrected chi connectivity index (χ0v) is 20.9. The number of carbonyl (C=O) groups is 1. The second kappa shape index (κ2) is 9.21. The van der Waals surface area contributed by atoms with Crippen molar-refractivity contribution in [1.82, 2.24) is 14.6 Å². The maximum absolute atomic E-state index is 12.8. The summed E-state index contributed by atoms with van der Waals surface area (Å²) >= 11 is 0. The first kappa shape index (κ1) is 25.9. The molecular formula is C23H15N5O9S2. The summed E-state index contributed by atoms with van der Waals surface area (Å²) in [5, 5.41) is 22.1. The highest BCUT2D eigenvalue weighted by Gasteiger charge is 2.22. The third-order valence-electron chi connectivity index (χ3n) is 5.62. The highest BCUT2D eigenvalue weighted by molar-refractivity contribution is 7.86. The monoisotopic (exact) mass is 569 g/mol. The number of hydrogen-bond acceptors (Lipinski definition) is 9. The lowest BCUT2D eigenvalue weighted by atomic mass is 10.1. The molecule has 0 aliphatic carbocycles. The Kier molecular flexibility index (Phi) is 6.11. The highest BCUT2D eigenvalue weighted by Crippen LogP contribution is 2.36. The van der Waals surface area contributed by atoms with Gasteiger partial charge in [0.15, 0.2) is 11.3 Å².